The topological polar surface area (TPSA) is 39.6 Å². The number of aromatic nitrogens is 1. The third-order valence-corrected chi connectivity index (χ3v) is 3.86. The molecule has 0 aliphatic carbocycles. The second-order valence-corrected chi connectivity index (χ2v) is 5.27. The van der Waals surface area contributed by atoms with Crippen LogP contribution in [0.2, 0.25) is 0 Å². The largest absolute Gasteiger partial charge is 0.387 e. The lowest BCUT2D eigenvalue weighted by molar-refractivity contribution is 0.0788. The molecule has 100 valence electrons. The van der Waals surface area contributed by atoms with Crippen LogP contribution in [0.4, 0.5) is 0 Å². The van der Waals surface area contributed by atoms with Crippen LogP contribution in [-0.2, 0) is 0 Å². The number of piperidine rings is 1. The molecule has 0 saturated carbocycles. The molecule has 1 aromatic rings. The summed E-state index contributed by atoms with van der Waals surface area (Å²) in [5.74, 6) is 0. The minimum atomic E-state index is -0.419. The molecule has 18 heavy (non-hydrogen) atoms. The van der Waals surface area contributed by atoms with E-state index in [4.69, 9.17) is 0 Å². The highest BCUT2D eigenvalue weighted by atomic mass is 16.3. The van der Waals surface area contributed by atoms with Crippen LogP contribution in [-0.4, -0.2) is 59.7 Å². The van der Waals surface area contributed by atoms with Crippen molar-refractivity contribution in [2.75, 3.05) is 33.7 Å². The lowest BCUT2D eigenvalue weighted by Gasteiger charge is -2.36. The first kappa shape index (κ1) is 13.5. The second kappa shape index (κ2) is 6.27. The van der Waals surface area contributed by atoms with E-state index in [1.807, 2.05) is 12.1 Å². The first-order valence-electron chi connectivity index (χ1n) is 6.63. The molecule has 1 atom stereocenters. The van der Waals surface area contributed by atoms with E-state index in [-0.39, 0.29) is 0 Å². The van der Waals surface area contributed by atoms with E-state index >= 15 is 0 Å². The smallest absolute Gasteiger partial charge is 0.0918 e. The number of rotatable bonds is 4. The molecule has 2 rings (SSSR count). The van der Waals surface area contributed by atoms with Gasteiger partial charge in [-0.1, -0.05) is 0 Å². The number of aliphatic hydroxyl groups is 1. The van der Waals surface area contributed by atoms with Crippen molar-refractivity contribution in [2.24, 2.45) is 0 Å². The zero-order chi connectivity index (χ0) is 13.0. The van der Waals surface area contributed by atoms with Crippen LogP contribution in [0.25, 0.3) is 0 Å². The molecule has 0 aromatic carbocycles. The molecular weight excluding hydrogens is 226 g/mol. The third kappa shape index (κ3) is 3.51. The van der Waals surface area contributed by atoms with Gasteiger partial charge in [-0.3, -0.25) is 4.98 Å². The number of likely N-dealkylation sites (N-methyl/N-ethyl adjacent to an activating group) is 1. The van der Waals surface area contributed by atoms with Crippen molar-refractivity contribution in [1.82, 2.24) is 14.8 Å². The Kier molecular flexibility index (Phi) is 4.69. The van der Waals surface area contributed by atoms with Crippen molar-refractivity contribution in [1.29, 1.82) is 0 Å². The van der Waals surface area contributed by atoms with Crippen LogP contribution in [0.1, 0.15) is 24.5 Å². The molecule has 1 unspecified atom stereocenters. The van der Waals surface area contributed by atoms with Crippen LogP contribution < -0.4 is 0 Å². The average molecular weight is 249 g/mol. The third-order valence-electron chi connectivity index (χ3n) is 3.86. The van der Waals surface area contributed by atoms with E-state index < -0.39 is 6.10 Å². The number of aliphatic hydroxyl groups excluding tert-OH is 1. The highest BCUT2D eigenvalue weighted by Gasteiger charge is 2.22. The lowest BCUT2D eigenvalue weighted by Crippen LogP contribution is -2.43. The molecule has 4 heteroatoms. The highest BCUT2D eigenvalue weighted by Crippen LogP contribution is 2.18. The zero-order valence-corrected chi connectivity index (χ0v) is 11.3. The highest BCUT2D eigenvalue weighted by molar-refractivity contribution is 5.13. The number of hydrogen-bond donors (Lipinski definition) is 1. The summed E-state index contributed by atoms with van der Waals surface area (Å²) < 4.78 is 0. The fourth-order valence-electron chi connectivity index (χ4n) is 2.55. The Bertz CT molecular complexity index is 349. The van der Waals surface area contributed by atoms with E-state index in [1.165, 1.54) is 12.8 Å². The Hall–Kier alpha value is -0.970. The lowest BCUT2D eigenvalue weighted by atomic mass is 10.0. The molecule has 1 N–H and O–H groups in total. The molecule has 1 fully saturated rings. The van der Waals surface area contributed by atoms with Crippen molar-refractivity contribution in [2.45, 2.75) is 25.0 Å². The molecule has 0 bridgehead atoms. The molecular formula is C14H23N3O. The van der Waals surface area contributed by atoms with Gasteiger partial charge in [0.15, 0.2) is 0 Å². The summed E-state index contributed by atoms with van der Waals surface area (Å²) in [6.07, 6.45) is 5.42. The predicted molar refractivity (Wildman–Crippen MR) is 72.3 cm³/mol. The molecule has 1 aromatic heterocycles. The molecule has 1 aliphatic rings. The predicted octanol–water partition coefficient (Wildman–Crippen LogP) is 1.14. The van der Waals surface area contributed by atoms with Gasteiger partial charge in [0.1, 0.15) is 0 Å². The average Bonchev–Trinajstić information content (AvgIpc) is 2.40. The summed E-state index contributed by atoms with van der Waals surface area (Å²) in [7, 11) is 4.28. The molecule has 0 radical (unpaired) electrons. The first-order valence-corrected chi connectivity index (χ1v) is 6.63. The van der Waals surface area contributed by atoms with Crippen LogP contribution in [0.5, 0.6) is 0 Å². The summed E-state index contributed by atoms with van der Waals surface area (Å²) in [4.78, 5) is 8.63. The van der Waals surface area contributed by atoms with Crippen LogP contribution in [0.3, 0.4) is 0 Å². The number of hydrogen-bond acceptors (Lipinski definition) is 4. The molecule has 0 amide bonds. The normalized spacial score (nSPS) is 20.2. The van der Waals surface area contributed by atoms with E-state index in [0.717, 1.165) is 18.7 Å². The van der Waals surface area contributed by atoms with Crippen LogP contribution >= 0.6 is 0 Å². The zero-order valence-electron chi connectivity index (χ0n) is 11.3. The quantitative estimate of drug-likeness (QED) is 0.868. The molecule has 1 aliphatic heterocycles. The van der Waals surface area contributed by atoms with Crippen molar-refractivity contribution in [3.63, 3.8) is 0 Å². The summed E-state index contributed by atoms with van der Waals surface area (Å²) in [5, 5.41) is 10.2. The van der Waals surface area contributed by atoms with Crippen molar-refractivity contribution in [3.8, 4) is 0 Å². The molecule has 4 nitrogen and oxygen atoms in total. The van der Waals surface area contributed by atoms with Crippen LogP contribution in [0, 0.1) is 0 Å². The van der Waals surface area contributed by atoms with Gasteiger partial charge in [0.25, 0.3) is 0 Å². The molecule has 1 saturated heterocycles. The summed E-state index contributed by atoms with van der Waals surface area (Å²) >= 11 is 0. The first-order chi connectivity index (χ1) is 8.66. The minimum absolute atomic E-state index is 0.419. The number of nitrogens with zero attached hydrogens (tertiary/aromatic N) is 3. The fraction of sp³-hybridized carbons (Fsp3) is 0.643. The standard InChI is InChI=1S/C14H23N3O/c1-16-9-5-13(6-10-16)17(2)11-14(18)12-3-7-15-8-4-12/h3-4,7-8,13-14,18H,5-6,9-11H2,1-2H3. The van der Waals surface area contributed by atoms with Gasteiger partial charge >= 0.3 is 0 Å². The van der Waals surface area contributed by atoms with Gasteiger partial charge in [-0.2, -0.15) is 0 Å². The Balaban J connectivity index is 1.85. The summed E-state index contributed by atoms with van der Waals surface area (Å²) in [6, 6.07) is 4.36. The van der Waals surface area contributed by atoms with E-state index in [0.29, 0.717) is 12.6 Å². The Labute approximate surface area is 109 Å². The SMILES string of the molecule is CN1CCC(N(C)CC(O)c2ccncc2)CC1. The monoisotopic (exact) mass is 249 g/mol. The van der Waals surface area contributed by atoms with Crippen LogP contribution in [0.15, 0.2) is 24.5 Å². The van der Waals surface area contributed by atoms with Gasteiger partial charge in [0.2, 0.25) is 0 Å². The summed E-state index contributed by atoms with van der Waals surface area (Å²) in [6.45, 7) is 3.00. The van der Waals surface area contributed by atoms with Gasteiger partial charge in [0, 0.05) is 25.0 Å². The number of pyridine rings is 1. The maximum atomic E-state index is 10.2. The minimum Gasteiger partial charge on any atom is -0.387 e. The van der Waals surface area contributed by atoms with E-state index in [2.05, 4.69) is 28.9 Å². The van der Waals surface area contributed by atoms with Gasteiger partial charge in [-0.25, -0.2) is 0 Å². The van der Waals surface area contributed by atoms with Gasteiger partial charge in [0.05, 0.1) is 6.10 Å². The Morgan fingerprint density at radius 3 is 2.61 bits per heavy atom. The van der Waals surface area contributed by atoms with Gasteiger partial charge in [-0.15, -0.1) is 0 Å². The van der Waals surface area contributed by atoms with E-state index in [1.54, 1.807) is 12.4 Å². The molecule has 2 heterocycles. The van der Waals surface area contributed by atoms with Gasteiger partial charge < -0.3 is 14.9 Å². The maximum Gasteiger partial charge on any atom is 0.0918 e. The van der Waals surface area contributed by atoms with E-state index in [9.17, 15) is 5.11 Å². The fourth-order valence-corrected chi connectivity index (χ4v) is 2.55. The van der Waals surface area contributed by atoms with Crippen molar-refractivity contribution in [3.05, 3.63) is 30.1 Å². The number of likely N-dealkylation sites (tertiary alicyclic amines) is 1. The van der Waals surface area contributed by atoms with Crippen molar-refractivity contribution < 1.29 is 5.11 Å². The summed E-state index contributed by atoms with van der Waals surface area (Å²) in [5.41, 5.74) is 0.949. The molecule has 0 spiro atoms. The Morgan fingerprint density at radius 2 is 2.00 bits per heavy atom. The second-order valence-electron chi connectivity index (χ2n) is 5.27. The maximum absolute atomic E-state index is 10.2. The van der Waals surface area contributed by atoms with Gasteiger partial charge in [-0.05, 0) is 57.7 Å². The Morgan fingerprint density at radius 1 is 1.39 bits per heavy atom. The van der Waals surface area contributed by atoms with Crippen molar-refractivity contribution >= 4 is 0 Å².